The van der Waals surface area contributed by atoms with Crippen LogP contribution in [0.25, 0.3) is 10.8 Å². The first-order valence-corrected chi connectivity index (χ1v) is 6.94. The van der Waals surface area contributed by atoms with Gasteiger partial charge in [-0.2, -0.15) is 0 Å². The predicted octanol–water partition coefficient (Wildman–Crippen LogP) is 4.78. The van der Waals surface area contributed by atoms with Crippen molar-refractivity contribution in [2.24, 2.45) is 0 Å². The van der Waals surface area contributed by atoms with Crippen LogP contribution < -0.4 is 4.90 Å². The monoisotopic (exact) mass is 262 g/mol. The Kier molecular flexibility index (Phi) is 3.38. The number of rotatable bonds is 3. The van der Waals surface area contributed by atoms with Crippen LogP contribution in [0.15, 0.2) is 67.0 Å². The van der Waals surface area contributed by atoms with Gasteiger partial charge in [-0.1, -0.05) is 36.4 Å². The molecule has 0 aliphatic heterocycles. The van der Waals surface area contributed by atoms with Gasteiger partial charge in [0.2, 0.25) is 0 Å². The van der Waals surface area contributed by atoms with E-state index in [9.17, 15) is 0 Å². The summed E-state index contributed by atoms with van der Waals surface area (Å²) in [5, 5.41) is 2.53. The number of fused-ring (bicyclic) bond motifs is 1. The van der Waals surface area contributed by atoms with Crippen LogP contribution in [0.2, 0.25) is 0 Å². The second-order valence-corrected chi connectivity index (χ2v) is 5.17. The predicted molar refractivity (Wildman–Crippen MR) is 85.5 cm³/mol. The summed E-state index contributed by atoms with van der Waals surface area (Å²) in [6, 6.07) is 19.4. The summed E-state index contributed by atoms with van der Waals surface area (Å²) in [7, 11) is 0. The smallest absolute Gasteiger partial charge is 0.0599 e. The molecule has 2 nitrogen and oxygen atoms in total. The molecule has 3 rings (SSSR count). The number of aromatic nitrogens is 1. The SMILES string of the molecule is CC(C)N(c1cccnc1)c1cccc2ccccc12. The molecule has 2 aromatic carbocycles. The first-order chi connectivity index (χ1) is 9.77. The van der Waals surface area contributed by atoms with Gasteiger partial charge in [-0.15, -0.1) is 0 Å². The van der Waals surface area contributed by atoms with Crippen molar-refractivity contribution in [2.45, 2.75) is 19.9 Å². The van der Waals surface area contributed by atoms with Crippen molar-refractivity contribution >= 4 is 22.1 Å². The van der Waals surface area contributed by atoms with Crippen LogP contribution in [0.4, 0.5) is 11.4 Å². The zero-order valence-corrected chi connectivity index (χ0v) is 11.8. The molecule has 0 atom stereocenters. The van der Waals surface area contributed by atoms with Gasteiger partial charge in [0.15, 0.2) is 0 Å². The summed E-state index contributed by atoms with van der Waals surface area (Å²) in [6.07, 6.45) is 3.73. The van der Waals surface area contributed by atoms with Gasteiger partial charge in [-0.25, -0.2) is 0 Å². The number of anilines is 2. The Morgan fingerprint density at radius 1 is 0.900 bits per heavy atom. The van der Waals surface area contributed by atoms with Crippen LogP contribution in [-0.4, -0.2) is 11.0 Å². The van der Waals surface area contributed by atoms with Gasteiger partial charge < -0.3 is 4.90 Å². The van der Waals surface area contributed by atoms with Crippen molar-refractivity contribution in [3.63, 3.8) is 0 Å². The quantitative estimate of drug-likeness (QED) is 0.675. The second-order valence-electron chi connectivity index (χ2n) is 5.17. The van der Waals surface area contributed by atoms with Crippen molar-refractivity contribution < 1.29 is 0 Å². The number of nitrogens with zero attached hydrogens (tertiary/aromatic N) is 2. The zero-order valence-electron chi connectivity index (χ0n) is 11.8. The van der Waals surface area contributed by atoms with Gasteiger partial charge in [0.1, 0.15) is 0 Å². The summed E-state index contributed by atoms with van der Waals surface area (Å²) in [5.41, 5.74) is 2.35. The van der Waals surface area contributed by atoms with Crippen molar-refractivity contribution in [1.29, 1.82) is 0 Å². The van der Waals surface area contributed by atoms with Crippen LogP contribution in [-0.2, 0) is 0 Å². The molecule has 0 aliphatic carbocycles. The van der Waals surface area contributed by atoms with E-state index >= 15 is 0 Å². The third kappa shape index (κ3) is 2.25. The first kappa shape index (κ1) is 12.7. The van der Waals surface area contributed by atoms with E-state index in [1.165, 1.54) is 16.5 Å². The van der Waals surface area contributed by atoms with Crippen molar-refractivity contribution in [2.75, 3.05) is 4.90 Å². The fourth-order valence-corrected chi connectivity index (χ4v) is 2.63. The van der Waals surface area contributed by atoms with E-state index in [0.29, 0.717) is 6.04 Å². The number of benzene rings is 2. The molecule has 0 radical (unpaired) electrons. The Morgan fingerprint density at radius 2 is 1.70 bits per heavy atom. The molecular formula is C18H18N2. The summed E-state index contributed by atoms with van der Waals surface area (Å²) in [5.74, 6) is 0. The molecule has 0 unspecified atom stereocenters. The first-order valence-electron chi connectivity index (χ1n) is 6.94. The topological polar surface area (TPSA) is 16.1 Å². The molecule has 20 heavy (non-hydrogen) atoms. The Hall–Kier alpha value is -2.35. The van der Waals surface area contributed by atoms with E-state index in [-0.39, 0.29) is 0 Å². The lowest BCUT2D eigenvalue weighted by molar-refractivity contribution is 0.789. The van der Waals surface area contributed by atoms with E-state index in [2.05, 4.69) is 72.3 Å². The molecule has 2 heteroatoms. The third-order valence-corrected chi connectivity index (χ3v) is 3.47. The van der Waals surface area contributed by atoms with E-state index < -0.39 is 0 Å². The average Bonchev–Trinajstić information content (AvgIpc) is 2.48. The van der Waals surface area contributed by atoms with E-state index in [0.717, 1.165) is 5.69 Å². The Balaban J connectivity index is 2.21. The molecule has 0 amide bonds. The van der Waals surface area contributed by atoms with Crippen LogP contribution in [0.3, 0.4) is 0 Å². The molecule has 0 saturated heterocycles. The molecule has 0 spiro atoms. The van der Waals surface area contributed by atoms with Crippen LogP contribution in [0.1, 0.15) is 13.8 Å². The largest absolute Gasteiger partial charge is 0.337 e. The van der Waals surface area contributed by atoms with Gasteiger partial charge in [0, 0.05) is 23.3 Å². The van der Waals surface area contributed by atoms with Crippen molar-refractivity contribution in [1.82, 2.24) is 4.98 Å². The maximum Gasteiger partial charge on any atom is 0.0599 e. The minimum Gasteiger partial charge on any atom is -0.337 e. The average molecular weight is 262 g/mol. The molecule has 1 aromatic heterocycles. The molecule has 1 heterocycles. The highest BCUT2D eigenvalue weighted by atomic mass is 15.2. The number of hydrogen-bond acceptors (Lipinski definition) is 2. The van der Waals surface area contributed by atoms with Crippen LogP contribution >= 0.6 is 0 Å². The Labute approximate surface area is 119 Å². The molecule has 0 N–H and O–H groups in total. The lowest BCUT2D eigenvalue weighted by Crippen LogP contribution is -2.25. The Bertz CT molecular complexity index is 699. The fourth-order valence-electron chi connectivity index (χ4n) is 2.63. The van der Waals surface area contributed by atoms with Gasteiger partial charge in [-0.3, -0.25) is 4.98 Å². The van der Waals surface area contributed by atoms with Crippen LogP contribution in [0.5, 0.6) is 0 Å². The molecule has 3 aromatic rings. The molecule has 0 bridgehead atoms. The van der Waals surface area contributed by atoms with E-state index in [4.69, 9.17) is 0 Å². The summed E-state index contributed by atoms with van der Waals surface area (Å²) in [6.45, 7) is 4.41. The van der Waals surface area contributed by atoms with Crippen molar-refractivity contribution in [3.8, 4) is 0 Å². The van der Waals surface area contributed by atoms with Gasteiger partial charge in [0.25, 0.3) is 0 Å². The standard InChI is InChI=1S/C18H18N2/c1-14(2)20(16-9-6-12-19-13-16)18-11-5-8-15-7-3-4-10-17(15)18/h3-14H,1-2H3. The third-order valence-electron chi connectivity index (χ3n) is 3.47. The lowest BCUT2D eigenvalue weighted by atomic mass is 10.1. The molecule has 0 saturated carbocycles. The highest BCUT2D eigenvalue weighted by molar-refractivity contribution is 5.96. The van der Waals surface area contributed by atoms with E-state index in [1.54, 1.807) is 0 Å². The minimum atomic E-state index is 0.366. The fraction of sp³-hybridized carbons (Fsp3) is 0.167. The maximum atomic E-state index is 4.25. The highest BCUT2D eigenvalue weighted by Crippen LogP contribution is 2.33. The number of hydrogen-bond donors (Lipinski definition) is 0. The highest BCUT2D eigenvalue weighted by Gasteiger charge is 2.15. The number of pyridine rings is 1. The summed E-state index contributed by atoms with van der Waals surface area (Å²) < 4.78 is 0. The normalized spacial score (nSPS) is 10.9. The second kappa shape index (κ2) is 5.33. The van der Waals surface area contributed by atoms with Gasteiger partial charge in [0.05, 0.1) is 11.9 Å². The summed E-state index contributed by atoms with van der Waals surface area (Å²) in [4.78, 5) is 6.58. The minimum absolute atomic E-state index is 0.366. The zero-order chi connectivity index (χ0) is 13.9. The van der Waals surface area contributed by atoms with Gasteiger partial charge >= 0.3 is 0 Å². The van der Waals surface area contributed by atoms with E-state index in [1.807, 2.05) is 18.5 Å². The maximum absolute atomic E-state index is 4.25. The molecule has 0 aliphatic rings. The molecule has 100 valence electrons. The summed E-state index contributed by atoms with van der Waals surface area (Å²) >= 11 is 0. The van der Waals surface area contributed by atoms with Crippen LogP contribution in [0, 0.1) is 0 Å². The lowest BCUT2D eigenvalue weighted by Gasteiger charge is -2.30. The molecular weight excluding hydrogens is 244 g/mol. The van der Waals surface area contributed by atoms with Crippen molar-refractivity contribution in [3.05, 3.63) is 67.0 Å². The van der Waals surface area contributed by atoms with Gasteiger partial charge in [-0.05, 0) is 37.4 Å². The Morgan fingerprint density at radius 3 is 2.45 bits per heavy atom. The molecule has 0 fully saturated rings.